The number of nitrogens with two attached hydrogens (primary N) is 1. The van der Waals surface area contributed by atoms with E-state index < -0.39 is 67.5 Å². The van der Waals surface area contributed by atoms with Gasteiger partial charge in [0.25, 0.3) is 5.67 Å². The van der Waals surface area contributed by atoms with Crippen LogP contribution in [0.25, 0.3) is 0 Å². The number of aliphatic hydroxyl groups is 1. The second-order valence-electron chi connectivity index (χ2n) is 8.81. The van der Waals surface area contributed by atoms with E-state index in [4.69, 9.17) is 36.5 Å². The van der Waals surface area contributed by atoms with Crippen LogP contribution in [0.4, 0.5) is 23.4 Å². The summed E-state index contributed by atoms with van der Waals surface area (Å²) in [5.74, 6) is -0.952. The summed E-state index contributed by atoms with van der Waals surface area (Å²) in [4.78, 5) is 15.9. The lowest BCUT2D eigenvalue weighted by Crippen LogP contribution is -2.54. The molecule has 1 aliphatic heterocycles. The largest absolute Gasteiger partial charge is 0.462 e. The fraction of sp³-hybridized carbons (Fsp3) is 0.500. The van der Waals surface area contributed by atoms with Crippen molar-refractivity contribution in [3.8, 4) is 5.75 Å². The van der Waals surface area contributed by atoms with Crippen LogP contribution in [0, 0.1) is 4.77 Å². The Bertz CT molecular complexity index is 1270. The van der Waals surface area contributed by atoms with Crippen LogP contribution in [0.2, 0.25) is 0 Å². The number of hydrogen-bond acceptors (Lipinski definition) is 10. The number of alkyl halides is 4. The number of aliphatic hydroxyl groups excluding tert-OH is 1. The molecule has 1 aromatic heterocycles. The van der Waals surface area contributed by atoms with Gasteiger partial charge in [0.2, 0.25) is 4.77 Å². The van der Waals surface area contributed by atoms with Crippen LogP contribution >= 0.6 is 20.0 Å². The molecule has 11 nitrogen and oxygen atoms in total. The van der Waals surface area contributed by atoms with E-state index in [0.29, 0.717) is 4.57 Å². The molecule has 0 radical (unpaired) electrons. The normalized spacial score (nSPS) is 25.7. The molecule has 17 heteroatoms. The minimum Gasteiger partial charge on any atom is -0.462 e. The molecular formula is C22H27F4N4O7PS. The molecule has 0 aliphatic carbocycles. The van der Waals surface area contributed by atoms with Crippen molar-refractivity contribution in [2.75, 3.05) is 12.3 Å². The number of benzene rings is 1. The number of esters is 1. The van der Waals surface area contributed by atoms with E-state index in [2.05, 4.69) is 10.1 Å². The maximum Gasteiger partial charge on any atom is 0.459 e. The smallest absolute Gasteiger partial charge is 0.459 e. The SMILES string of the molecule is CC(C)OC(=O)[C@H](C)NP(=O)(OCC1O[C@H](n2ccc(N)nc2=S)C(F)(C(F)(F)F)[C@@H]1O)Oc1ccccc1. The predicted octanol–water partition coefficient (Wildman–Crippen LogP) is 3.86. The number of nitrogen functional groups attached to an aromatic ring is 1. The van der Waals surface area contributed by atoms with Gasteiger partial charge in [-0.15, -0.1) is 0 Å². The van der Waals surface area contributed by atoms with E-state index >= 15 is 4.39 Å². The molecule has 2 aromatic rings. The maximum absolute atomic E-state index is 15.6. The van der Waals surface area contributed by atoms with Gasteiger partial charge in [0, 0.05) is 6.20 Å². The van der Waals surface area contributed by atoms with Crippen LogP contribution in [0.15, 0.2) is 42.6 Å². The molecule has 1 saturated heterocycles. The standard InChI is InChI=1S/C22H27F4N4O7PS/c1-12(2)35-18(32)13(3)29-38(33,37-14-7-5-4-6-8-14)34-11-15-17(31)21(23,22(24,25)26)19(36-15)30-10-9-16(27)28-20(30)39/h4-10,12-13,15,17,19,31H,11H2,1-3H3,(H,29,33)(H2,27,28,39)/t13-,15?,17+,19-,21?,38?/m0/s1. The number of nitrogens with zero attached hydrogens (tertiary/aromatic N) is 2. The molecule has 3 rings (SSSR count). The van der Waals surface area contributed by atoms with Crippen molar-refractivity contribution in [1.82, 2.24) is 14.6 Å². The zero-order valence-electron chi connectivity index (χ0n) is 20.9. The number of ether oxygens (including phenoxy) is 2. The Balaban J connectivity index is 1.89. The Labute approximate surface area is 225 Å². The zero-order valence-corrected chi connectivity index (χ0v) is 22.6. The lowest BCUT2D eigenvalue weighted by molar-refractivity contribution is -0.273. The number of hydrogen-bond donors (Lipinski definition) is 3. The summed E-state index contributed by atoms with van der Waals surface area (Å²) in [6, 6.07) is 7.31. The summed E-state index contributed by atoms with van der Waals surface area (Å²) >= 11 is 4.90. The van der Waals surface area contributed by atoms with E-state index in [1.807, 2.05) is 0 Å². The van der Waals surface area contributed by atoms with Gasteiger partial charge in [-0.05, 0) is 51.2 Å². The van der Waals surface area contributed by atoms with Gasteiger partial charge in [-0.25, -0.2) is 13.9 Å². The lowest BCUT2D eigenvalue weighted by atomic mass is 9.95. The Morgan fingerprint density at radius 2 is 1.95 bits per heavy atom. The van der Waals surface area contributed by atoms with Gasteiger partial charge < -0.3 is 24.8 Å². The zero-order chi connectivity index (χ0) is 29.2. The van der Waals surface area contributed by atoms with Crippen LogP contribution in [0.5, 0.6) is 5.75 Å². The van der Waals surface area contributed by atoms with Crippen LogP contribution in [0.3, 0.4) is 0 Å². The average molecular weight is 599 g/mol. The highest BCUT2D eigenvalue weighted by molar-refractivity contribution is 7.71. The molecule has 2 heterocycles. The van der Waals surface area contributed by atoms with Crippen molar-refractivity contribution < 1.29 is 50.5 Å². The monoisotopic (exact) mass is 598 g/mol. The lowest BCUT2D eigenvalue weighted by Gasteiger charge is -2.31. The first-order valence-electron chi connectivity index (χ1n) is 11.5. The second-order valence-corrected chi connectivity index (χ2v) is 10.9. The number of carbonyl (C=O) groups is 1. The van der Waals surface area contributed by atoms with Crippen molar-refractivity contribution in [2.24, 2.45) is 0 Å². The number of rotatable bonds is 10. The highest BCUT2D eigenvalue weighted by Crippen LogP contribution is 2.53. The van der Waals surface area contributed by atoms with E-state index in [-0.39, 0.29) is 11.6 Å². The van der Waals surface area contributed by atoms with Crippen molar-refractivity contribution >= 4 is 31.8 Å². The van der Waals surface area contributed by atoms with E-state index in [0.717, 1.165) is 12.3 Å². The molecule has 1 aromatic carbocycles. The number of anilines is 1. The quantitative estimate of drug-likeness (QED) is 0.159. The molecule has 216 valence electrons. The van der Waals surface area contributed by atoms with Crippen LogP contribution < -0.4 is 15.3 Å². The van der Waals surface area contributed by atoms with Crippen molar-refractivity contribution in [1.29, 1.82) is 0 Å². The molecule has 0 saturated carbocycles. The van der Waals surface area contributed by atoms with E-state index in [1.165, 1.54) is 31.2 Å². The third-order valence-electron chi connectivity index (χ3n) is 5.42. The van der Waals surface area contributed by atoms with Crippen molar-refractivity contribution in [3.63, 3.8) is 0 Å². The van der Waals surface area contributed by atoms with Crippen LogP contribution in [-0.2, 0) is 23.4 Å². The first-order chi connectivity index (χ1) is 18.1. The van der Waals surface area contributed by atoms with Gasteiger partial charge in [-0.2, -0.15) is 18.3 Å². The predicted molar refractivity (Wildman–Crippen MR) is 132 cm³/mol. The topological polar surface area (TPSA) is 147 Å². The van der Waals surface area contributed by atoms with E-state index in [9.17, 15) is 27.6 Å². The van der Waals surface area contributed by atoms with Crippen molar-refractivity contribution in [2.45, 2.75) is 63.2 Å². The molecular weight excluding hydrogens is 571 g/mol. The Hall–Kier alpha value is -2.62. The highest BCUT2D eigenvalue weighted by Gasteiger charge is 2.73. The Kier molecular flexibility index (Phi) is 9.40. The van der Waals surface area contributed by atoms with Gasteiger partial charge in [0.15, 0.2) is 6.23 Å². The molecule has 3 unspecified atom stereocenters. The summed E-state index contributed by atoms with van der Waals surface area (Å²) in [5, 5.41) is 12.8. The summed E-state index contributed by atoms with van der Waals surface area (Å²) < 4.78 is 92.0. The molecule has 0 bridgehead atoms. The van der Waals surface area contributed by atoms with Gasteiger partial charge in [-0.3, -0.25) is 13.9 Å². The van der Waals surface area contributed by atoms with Gasteiger partial charge >= 0.3 is 19.9 Å². The molecule has 0 spiro atoms. The summed E-state index contributed by atoms with van der Waals surface area (Å²) in [7, 11) is -4.57. The number of nitrogens with one attached hydrogen (secondary N) is 1. The third kappa shape index (κ3) is 6.94. The fourth-order valence-corrected chi connectivity index (χ4v) is 5.34. The van der Waals surface area contributed by atoms with Crippen molar-refractivity contribution in [3.05, 3.63) is 47.4 Å². The van der Waals surface area contributed by atoms with Gasteiger partial charge in [-0.1, -0.05) is 18.2 Å². The molecule has 1 fully saturated rings. The minimum atomic E-state index is -5.64. The number of aromatic nitrogens is 2. The molecule has 0 amide bonds. The van der Waals surface area contributed by atoms with Gasteiger partial charge in [0.1, 0.15) is 29.8 Å². The first kappa shape index (κ1) is 30.9. The van der Waals surface area contributed by atoms with Crippen LogP contribution in [-0.4, -0.2) is 63.4 Å². The molecule has 39 heavy (non-hydrogen) atoms. The second kappa shape index (κ2) is 11.9. The fourth-order valence-electron chi connectivity index (χ4n) is 3.57. The van der Waals surface area contributed by atoms with E-state index in [1.54, 1.807) is 19.9 Å². The number of halogens is 4. The number of carbonyl (C=O) groups excluding carboxylic acids is 1. The Morgan fingerprint density at radius 3 is 2.51 bits per heavy atom. The molecule has 4 N–H and O–H groups in total. The summed E-state index contributed by atoms with van der Waals surface area (Å²) in [6.07, 6.45) is -12.6. The number of para-hydroxylation sites is 1. The molecule has 6 atom stereocenters. The summed E-state index contributed by atoms with van der Waals surface area (Å²) in [6.45, 7) is 3.41. The third-order valence-corrected chi connectivity index (χ3v) is 7.36. The average Bonchev–Trinajstić information content (AvgIpc) is 3.09. The van der Waals surface area contributed by atoms with Gasteiger partial charge in [0.05, 0.1) is 12.7 Å². The Morgan fingerprint density at radius 1 is 1.31 bits per heavy atom. The highest BCUT2D eigenvalue weighted by atomic mass is 32.1. The maximum atomic E-state index is 15.6. The molecule has 1 aliphatic rings. The summed E-state index contributed by atoms with van der Waals surface area (Å²) in [5.41, 5.74) is 1.11. The minimum absolute atomic E-state index is 0.0120. The first-order valence-corrected chi connectivity index (χ1v) is 13.4. The van der Waals surface area contributed by atoms with Crippen LogP contribution in [0.1, 0.15) is 27.0 Å².